The van der Waals surface area contributed by atoms with Gasteiger partial charge in [0, 0.05) is 18.5 Å². The van der Waals surface area contributed by atoms with Crippen LogP contribution in [0.5, 0.6) is 0 Å². The summed E-state index contributed by atoms with van der Waals surface area (Å²) in [7, 11) is 0. The van der Waals surface area contributed by atoms with Crippen molar-refractivity contribution in [2.75, 3.05) is 18.0 Å². The molecule has 2 aromatic carbocycles. The van der Waals surface area contributed by atoms with Gasteiger partial charge in [-0.05, 0) is 86.8 Å². The number of aryl methyl sites for hydroxylation is 2. The first-order valence-electron chi connectivity index (χ1n) is 11.4. The molecule has 1 fully saturated rings. The van der Waals surface area contributed by atoms with E-state index in [4.69, 9.17) is 0 Å². The lowest BCUT2D eigenvalue weighted by atomic mass is 10.2. The van der Waals surface area contributed by atoms with Crippen molar-refractivity contribution in [3.05, 3.63) is 71.2 Å². The van der Waals surface area contributed by atoms with E-state index in [1.54, 1.807) is 11.3 Å². The molecule has 0 N–H and O–H groups in total. The molecule has 10 heteroatoms. The highest BCUT2D eigenvalue weighted by Gasteiger charge is 2.14. The summed E-state index contributed by atoms with van der Waals surface area (Å²) in [5.74, 6) is 0. The number of hydrogen-bond acceptors (Lipinski definition) is 10. The summed E-state index contributed by atoms with van der Waals surface area (Å²) in [5, 5.41) is 30.7. The minimum Gasteiger partial charge on any atom is -0.363 e. The molecule has 0 bridgehead atoms. The zero-order valence-corrected chi connectivity index (χ0v) is 21.1. The number of benzene rings is 2. The molecule has 5 rings (SSSR count). The molecule has 4 aromatic rings. The number of rotatable bonds is 7. The zero-order valence-electron chi connectivity index (χ0n) is 19.5. The second-order valence-corrected chi connectivity index (χ2v) is 10.0. The van der Waals surface area contributed by atoms with E-state index in [1.807, 2.05) is 67.8 Å². The lowest BCUT2D eigenvalue weighted by Crippen LogP contribution is -2.15. The minimum atomic E-state index is 0.645. The van der Waals surface area contributed by atoms with Crippen LogP contribution in [0.15, 0.2) is 90.7 Å². The van der Waals surface area contributed by atoms with Crippen LogP contribution in [-0.2, 0) is 0 Å². The fourth-order valence-electron chi connectivity index (χ4n) is 3.59. The summed E-state index contributed by atoms with van der Waals surface area (Å²) in [6.07, 6.45) is 2.53. The first-order valence-corrected chi connectivity index (χ1v) is 13.0. The van der Waals surface area contributed by atoms with E-state index >= 15 is 0 Å². The van der Waals surface area contributed by atoms with Crippen LogP contribution >= 0.6 is 22.7 Å². The van der Waals surface area contributed by atoms with Crippen molar-refractivity contribution >= 4 is 60.6 Å². The van der Waals surface area contributed by atoms with E-state index < -0.39 is 0 Å². The van der Waals surface area contributed by atoms with Gasteiger partial charge in [-0.2, -0.15) is 10.2 Å². The Bertz CT molecular complexity index is 1380. The van der Waals surface area contributed by atoms with Gasteiger partial charge in [-0.25, -0.2) is 4.98 Å². The summed E-state index contributed by atoms with van der Waals surface area (Å²) in [6, 6.07) is 17.4. The predicted octanol–water partition coefficient (Wildman–Crippen LogP) is 9.67. The molecule has 1 aliphatic rings. The lowest BCUT2D eigenvalue weighted by molar-refractivity contribution is 0.949. The minimum absolute atomic E-state index is 0.645. The molecule has 35 heavy (non-hydrogen) atoms. The van der Waals surface area contributed by atoms with Crippen LogP contribution in [0.4, 0.5) is 37.9 Å². The maximum Gasteiger partial charge on any atom is 0.230 e. The highest BCUT2D eigenvalue weighted by atomic mass is 32.1. The van der Waals surface area contributed by atoms with Gasteiger partial charge in [-0.15, -0.1) is 31.8 Å². The van der Waals surface area contributed by atoms with Gasteiger partial charge in [0.15, 0.2) is 0 Å². The largest absolute Gasteiger partial charge is 0.363 e. The molecule has 0 atom stereocenters. The summed E-state index contributed by atoms with van der Waals surface area (Å²) in [5.41, 5.74) is 4.99. The molecule has 0 radical (unpaired) electrons. The normalized spacial score (nSPS) is 14.3. The molecule has 1 aliphatic heterocycles. The lowest BCUT2D eigenvalue weighted by Gasteiger charge is -2.13. The van der Waals surface area contributed by atoms with Crippen molar-refractivity contribution in [1.29, 1.82) is 0 Å². The number of hydrogen-bond donors (Lipinski definition) is 0. The molecule has 0 aliphatic carbocycles. The summed E-state index contributed by atoms with van der Waals surface area (Å²) < 4.78 is 0. The van der Waals surface area contributed by atoms with E-state index in [9.17, 15) is 0 Å². The standard InChI is InChI=1S/C25H24N8S2/c1-17-15-21(29-31-23-11-12-24(35-23)33-13-3-4-14-33)9-10-22(17)30-27-19-5-7-20(8-6-19)28-32-25-26-18(2)16-34-25/h5-12,15-16H,3-4,13-14H2,1-2H3/b30-27+,31-29+,32-28+. The third-order valence-corrected chi connectivity index (χ3v) is 7.29. The molecular formula is C25H24N8S2. The van der Waals surface area contributed by atoms with Gasteiger partial charge < -0.3 is 4.90 Å². The molecule has 2 aromatic heterocycles. The van der Waals surface area contributed by atoms with Gasteiger partial charge in [0.05, 0.1) is 33.4 Å². The molecule has 0 saturated carbocycles. The van der Waals surface area contributed by atoms with Crippen LogP contribution in [0.1, 0.15) is 24.1 Å². The maximum atomic E-state index is 4.42. The summed E-state index contributed by atoms with van der Waals surface area (Å²) in [6.45, 7) is 6.20. The molecule has 8 nitrogen and oxygen atoms in total. The topological polar surface area (TPSA) is 90.3 Å². The van der Waals surface area contributed by atoms with E-state index in [0.717, 1.165) is 52.1 Å². The zero-order chi connectivity index (χ0) is 24.0. The van der Waals surface area contributed by atoms with Crippen LogP contribution in [0.2, 0.25) is 0 Å². The van der Waals surface area contributed by atoms with Crippen LogP contribution in [0, 0.1) is 13.8 Å². The Morgan fingerprint density at radius 3 is 2.11 bits per heavy atom. The van der Waals surface area contributed by atoms with Gasteiger partial charge in [0.25, 0.3) is 0 Å². The number of aromatic nitrogens is 1. The second-order valence-electron chi connectivity index (χ2n) is 8.16. The first-order chi connectivity index (χ1) is 17.1. The van der Waals surface area contributed by atoms with Crippen molar-refractivity contribution in [3.8, 4) is 0 Å². The Hall–Kier alpha value is -3.63. The number of thiophene rings is 1. The SMILES string of the molecule is Cc1csc(/N=N/c2ccc(/N=N/c3ccc(/N=N/c4ccc(N5CCCC5)s4)cc3C)cc2)n1. The van der Waals surface area contributed by atoms with Crippen molar-refractivity contribution in [2.24, 2.45) is 30.7 Å². The molecule has 0 amide bonds. The van der Waals surface area contributed by atoms with Crippen LogP contribution < -0.4 is 4.90 Å². The van der Waals surface area contributed by atoms with Crippen molar-refractivity contribution in [1.82, 2.24) is 4.98 Å². The Labute approximate surface area is 211 Å². The molecular weight excluding hydrogens is 476 g/mol. The van der Waals surface area contributed by atoms with E-state index in [1.165, 1.54) is 29.2 Å². The van der Waals surface area contributed by atoms with Crippen LogP contribution in [-0.4, -0.2) is 18.1 Å². The summed E-state index contributed by atoms with van der Waals surface area (Å²) >= 11 is 3.15. The fraction of sp³-hybridized carbons (Fsp3) is 0.240. The van der Waals surface area contributed by atoms with Crippen molar-refractivity contribution < 1.29 is 0 Å². The van der Waals surface area contributed by atoms with Crippen molar-refractivity contribution in [3.63, 3.8) is 0 Å². The van der Waals surface area contributed by atoms with Gasteiger partial charge in [-0.3, -0.25) is 0 Å². The van der Waals surface area contributed by atoms with E-state index in [2.05, 4.69) is 46.6 Å². The fourth-order valence-corrected chi connectivity index (χ4v) is 5.08. The van der Waals surface area contributed by atoms with Gasteiger partial charge >= 0.3 is 0 Å². The smallest absolute Gasteiger partial charge is 0.230 e. The van der Waals surface area contributed by atoms with Crippen LogP contribution in [0.25, 0.3) is 0 Å². The van der Waals surface area contributed by atoms with Crippen LogP contribution in [0.3, 0.4) is 0 Å². The molecule has 0 unspecified atom stereocenters. The second kappa shape index (κ2) is 10.7. The third-order valence-electron chi connectivity index (χ3n) is 5.42. The quantitative estimate of drug-likeness (QED) is 0.236. The average molecular weight is 501 g/mol. The molecule has 3 heterocycles. The molecule has 1 saturated heterocycles. The number of azo groups is 3. The monoisotopic (exact) mass is 500 g/mol. The number of thiazole rings is 1. The van der Waals surface area contributed by atoms with Gasteiger partial charge in [-0.1, -0.05) is 11.3 Å². The van der Waals surface area contributed by atoms with E-state index in [-0.39, 0.29) is 0 Å². The Balaban J connectivity index is 1.20. The number of anilines is 1. The summed E-state index contributed by atoms with van der Waals surface area (Å²) in [4.78, 5) is 6.69. The Morgan fingerprint density at radius 2 is 1.43 bits per heavy atom. The maximum absolute atomic E-state index is 4.42. The highest BCUT2D eigenvalue weighted by molar-refractivity contribution is 7.19. The third kappa shape index (κ3) is 6.09. The molecule has 176 valence electrons. The Morgan fingerprint density at radius 1 is 0.743 bits per heavy atom. The van der Waals surface area contributed by atoms with Gasteiger partial charge in [0.1, 0.15) is 5.00 Å². The number of nitrogens with zero attached hydrogens (tertiary/aromatic N) is 8. The molecule has 0 spiro atoms. The first kappa shape index (κ1) is 23.1. The van der Waals surface area contributed by atoms with Crippen molar-refractivity contribution in [2.45, 2.75) is 26.7 Å². The predicted molar refractivity (Wildman–Crippen MR) is 143 cm³/mol. The van der Waals surface area contributed by atoms with Gasteiger partial charge in [0.2, 0.25) is 5.13 Å². The average Bonchev–Trinajstić information content (AvgIpc) is 3.63. The van der Waals surface area contributed by atoms with E-state index in [0.29, 0.717) is 5.13 Å². The highest BCUT2D eigenvalue weighted by Crippen LogP contribution is 2.35. The Kier molecular flexibility index (Phi) is 7.10.